The summed E-state index contributed by atoms with van der Waals surface area (Å²) in [6.45, 7) is 0.338. The molecule has 0 aromatic heterocycles. The molecule has 0 saturated heterocycles. The first kappa shape index (κ1) is 15.9. The number of hydrogen-bond donors (Lipinski definition) is 0. The van der Waals surface area contributed by atoms with Gasteiger partial charge in [0.05, 0.1) is 0 Å². The molecule has 26 heavy (non-hydrogen) atoms. The fraction of sp³-hybridized carbons (Fsp3) is 0.435. The minimum Gasteiger partial charge on any atom is -0.433 e. The van der Waals surface area contributed by atoms with Crippen LogP contribution >= 0.6 is 0 Å². The monoisotopic (exact) mass is 348 g/mol. The fourth-order valence-electron chi connectivity index (χ4n) is 5.15. The van der Waals surface area contributed by atoms with Gasteiger partial charge in [0.25, 0.3) is 0 Å². The van der Waals surface area contributed by atoms with Crippen molar-refractivity contribution in [3.63, 3.8) is 0 Å². The Morgan fingerprint density at radius 1 is 0.962 bits per heavy atom. The number of carbonyl (C=O) groups is 1. The number of rotatable bonds is 3. The van der Waals surface area contributed by atoms with Crippen LogP contribution in [0.25, 0.3) is 11.1 Å². The van der Waals surface area contributed by atoms with Gasteiger partial charge in [0, 0.05) is 5.92 Å². The van der Waals surface area contributed by atoms with Crippen LogP contribution in [0, 0.1) is 5.41 Å². The van der Waals surface area contributed by atoms with Gasteiger partial charge in [-0.05, 0) is 59.8 Å². The Bertz CT molecular complexity index is 791. The van der Waals surface area contributed by atoms with Crippen molar-refractivity contribution >= 4 is 6.16 Å². The van der Waals surface area contributed by atoms with E-state index in [1.54, 1.807) is 0 Å². The lowest BCUT2D eigenvalue weighted by molar-refractivity contribution is 0.0153. The second kappa shape index (κ2) is 6.15. The molecule has 2 saturated carbocycles. The molecule has 5 rings (SSSR count). The van der Waals surface area contributed by atoms with Crippen LogP contribution in [0.3, 0.4) is 0 Å². The van der Waals surface area contributed by atoms with E-state index in [1.165, 1.54) is 47.9 Å². The SMILES string of the molecule is O=C(OCC1c2ccccc2-c2ccccc21)OC1CCC2(CCC2)C1. The fourth-order valence-corrected chi connectivity index (χ4v) is 5.15. The minimum atomic E-state index is -0.506. The average Bonchev–Trinajstić information content (AvgIpc) is 3.20. The van der Waals surface area contributed by atoms with Crippen molar-refractivity contribution in [3.8, 4) is 11.1 Å². The predicted molar refractivity (Wildman–Crippen MR) is 100 cm³/mol. The maximum atomic E-state index is 12.3. The first-order chi connectivity index (χ1) is 12.7. The quantitative estimate of drug-likeness (QED) is 0.670. The van der Waals surface area contributed by atoms with Crippen molar-refractivity contribution < 1.29 is 14.3 Å². The molecule has 2 fully saturated rings. The van der Waals surface area contributed by atoms with Gasteiger partial charge in [0.1, 0.15) is 12.7 Å². The van der Waals surface area contributed by atoms with Gasteiger partial charge in [0.2, 0.25) is 0 Å². The summed E-state index contributed by atoms with van der Waals surface area (Å²) in [7, 11) is 0. The maximum Gasteiger partial charge on any atom is 0.508 e. The molecule has 0 heterocycles. The maximum absolute atomic E-state index is 12.3. The van der Waals surface area contributed by atoms with E-state index in [2.05, 4.69) is 36.4 Å². The third-order valence-corrected chi connectivity index (χ3v) is 6.66. The van der Waals surface area contributed by atoms with E-state index in [-0.39, 0.29) is 12.0 Å². The molecule has 1 atom stereocenters. The second-order valence-electron chi connectivity index (χ2n) is 8.12. The van der Waals surface area contributed by atoms with Crippen LogP contribution in [0.1, 0.15) is 55.6 Å². The first-order valence-corrected chi connectivity index (χ1v) is 9.76. The molecule has 3 nitrogen and oxygen atoms in total. The van der Waals surface area contributed by atoms with Crippen LogP contribution in [0.15, 0.2) is 48.5 Å². The molecule has 1 unspecified atom stereocenters. The molecule has 3 aliphatic rings. The van der Waals surface area contributed by atoms with Crippen molar-refractivity contribution in [2.24, 2.45) is 5.41 Å². The molecule has 2 aromatic rings. The number of benzene rings is 2. The standard InChI is InChI=1S/C23H24O3/c24-22(26-16-10-13-23(14-16)11-5-12-23)25-15-21-19-8-3-1-6-17(19)18-7-2-4-9-20(18)21/h1-4,6-9,16,21H,5,10-15H2. The Hall–Kier alpha value is -2.29. The normalized spacial score (nSPS) is 22.5. The predicted octanol–water partition coefficient (Wildman–Crippen LogP) is 5.67. The van der Waals surface area contributed by atoms with Crippen molar-refractivity contribution in [1.29, 1.82) is 0 Å². The summed E-state index contributed by atoms with van der Waals surface area (Å²) in [5.41, 5.74) is 5.43. The van der Waals surface area contributed by atoms with Gasteiger partial charge < -0.3 is 9.47 Å². The van der Waals surface area contributed by atoms with Gasteiger partial charge in [-0.25, -0.2) is 4.79 Å². The van der Waals surface area contributed by atoms with E-state index in [9.17, 15) is 4.79 Å². The van der Waals surface area contributed by atoms with E-state index in [4.69, 9.17) is 9.47 Å². The minimum absolute atomic E-state index is 0.0472. The van der Waals surface area contributed by atoms with E-state index < -0.39 is 6.16 Å². The van der Waals surface area contributed by atoms with Gasteiger partial charge in [-0.3, -0.25) is 0 Å². The molecule has 0 radical (unpaired) electrons. The van der Waals surface area contributed by atoms with Crippen LogP contribution < -0.4 is 0 Å². The van der Waals surface area contributed by atoms with Gasteiger partial charge in [-0.15, -0.1) is 0 Å². The molecule has 0 N–H and O–H groups in total. The average molecular weight is 348 g/mol. The topological polar surface area (TPSA) is 35.5 Å². The van der Waals surface area contributed by atoms with Crippen molar-refractivity contribution in [3.05, 3.63) is 59.7 Å². The van der Waals surface area contributed by atoms with Crippen LogP contribution in [-0.4, -0.2) is 18.9 Å². The van der Waals surface area contributed by atoms with E-state index in [1.807, 2.05) is 12.1 Å². The smallest absolute Gasteiger partial charge is 0.433 e. The third-order valence-electron chi connectivity index (χ3n) is 6.66. The molecule has 0 bridgehead atoms. The lowest BCUT2D eigenvalue weighted by atomic mass is 9.68. The zero-order valence-electron chi connectivity index (χ0n) is 14.9. The highest BCUT2D eigenvalue weighted by Gasteiger charge is 2.45. The number of carbonyl (C=O) groups excluding carboxylic acids is 1. The van der Waals surface area contributed by atoms with Gasteiger partial charge in [0.15, 0.2) is 0 Å². The summed E-state index contributed by atoms with van der Waals surface area (Å²) in [6.07, 6.45) is 6.70. The zero-order chi connectivity index (χ0) is 17.6. The second-order valence-corrected chi connectivity index (χ2v) is 8.12. The van der Waals surface area contributed by atoms with E-state index in [0.717, 1.165) is 12.8 Å². The Morgan fingerprint density at radius 2 is 1.62 bits per heavy atom. The molecule has 1 spiro atoms. The lowest BCUT2D eigenvalue weighted by Gasteiger charge is -2.38. The molecule has 134 valence electrons. The largest absolute Gasteiger partial charge is 0.508 e. The van der Waals surface area contributed by atoms with Crippen molar-refractivity contribution in [1.82, 2.24) is 0 Å². The van der Waals surface area contributed by atoms with Crippen LogP contribution in [-0.2, 0) is 9.47 Å². The highest BCUT2D eigenvalue weighted by atomic mass is 16.7. The highest BCUT2D eigenvalue weighted by Crippen LogP contribution is 2.53. The molecule has 2 aromatic carbocycles. The summed E-state index contributed by atoms with van der Waals surface area (Å²) in [5, 5.41) is 0. The van der Waals surface area contributed by atoms with Crippen LogP contribution in [0.2, 0.25) is 0 Å². The Kier molecular flexibility index (Phi) is 3.77. The van der Waals surface area contributed by atoms with Gasteiger partial charge in [-0.1, -0.05) is 55.0 Å². The lowest BCUT2D eigenvalue weighted by Crippen LogP contribution is -2.27. The molecule has 0 amide bonds. The first-order valence-electron chi connectivity index (χ1n) is 9.76. The Morgan fingerprint density at radius 3 is 2.19 bits per heavy atom. The van der Waals surface area contributed by atoms with Crippen molar-refractivity contribution in [2.75, 3.05) is 6.61 Å². The summed E-state index contributed by atoms with van der Waals surface area (Å²) in [4.78, 5) is 12.3. The highest BCUT2D eigenvalue weighted by molar-refractivity contribution is 5.78. The van der Waals surface area contributed by atoms with Crippen molar-refractivity contribution in [2.45, 2.75) is 50.5 Å². The number of ether oxygens (including phenoxy) is 2. The summed E-state index contributed by atoms with van der Waals surface area (Å²) >= 11 is 0. The Balaban J connectivity index is 1.25. The van der Waals surface area contributed by atoms with Crippen LogP contribution in [0.4, 0.5) is 4.79 Å². The summed E-state index contributed by atoms with van der Waals surface area (Å²) < 4.78 is 11.2. The molecule has 3 aliphatic carbocycles. The molecular weight excluding hydrogens is 324 g/mol. The zero-order valence-corrected chi connectivity index (χ0v) is 14.9. The Labute approximate surface area is 154 Å². The van der Waals surface area contributed by atoms with E-state index >= 15 is 0 Å². The summed E-state index contributed by atoms with van der Waals surface area (Å²) in [6, 6.07) is 16.8. The molecular formula is C23H24O3. The van der Waals surface area contributed by atoms with Gasteiger partial charge in [-0.2, -0.15) is 0 Å². The molecule has 3 heteroatoms. The number of hydrogen-bond acceptors (Lipinski definition) is 3. The summed E-state index contributed by atoms with van der Waals surface area (Å²) in [5.74, 6) is 0.0940. The third kappa shape index (κ3) is 2.61. The van der Waals surface area contributed by atoms with E-state index in [0.29, 0.717) is 12.0 Å². The number of fused-ring (bicyclic) bond motifs is 3. The molecule has 0 aliphatic heterocycles. The van der Waals surface area contributed by atoms with Crippen LogP contribution in [0.5, 0.6) is 0 Å². The van der Waals surface area contributed by atoms with Gasteiger partial charge >= 0.3 is 6.16 Å².